The van der Waals surface area contributed by atoms with Crippen molar-refractivity contribution in [2.24, 2.45) is 11.7 Å². The highest BCUT2D eigenvalue weighted by molar-refractivity contribution is 5.96. The maximum absolute atomic E-state index is 12.9. The molecule has 0 radical (unpaired) electrons. The average Bonchev–Trinajstić information content (AvgIpc) is 2.62. The fourth-order valence-corrected chi connectivity index (χ4v) is 3.24. The lowest BCUT2D eigenvalue weighted by Crippen LogP contribution is -2.42. The van der Waals surface area contributed by atoms with Gasteiger partial charge >= 0.3 is 0 Å². The van der Waals surface area contributed by atoms with Gasteiger partial charge in [0.2, 0.25) is 5.91 Å². The second kappa shape index (κ2) is 7.30. The summed E-state index contributed by atoms with van der Waals surface area (Å²) in [4.78, 5) is 26.0. The SMILES string of the molecule is NC(=O)C1CCN(C(=O)c2ccccc2Cc2ccccc2)CC1. The first-order valence-electron chi connectivity index (χ1n) is 8.35. The van der Waals surface area contributed by atoms with Crippen LogP contribution >= 0.6 is 0 Å². The number of rotatable bonds is 4. The van der Waals surface area contributed by atoms with Crippen LogP contribution in [0.4, 0.5) is 0 Å². The Morgan fingerprint density at radius 1 is 0.958 bits per heavy atom. The van der Waals surface area contributed by atoms with E-state index in [0.717, 1.165) is 17.5 Å². The standard InChI is InChI=1S/C20H22N2O2/c21-19(23)16-10-12-22(13-11-16)20(24)18-9-5-4-8-17(18)14-15-6-2-1-3-7-15/h1-9,16H,10-14H2,(H2,21,23). The monoisotopic (exact) mass is 322 g/mol. The van der Waals surface area contributed by atoms with Crippen molar-refractivity contribution in [2.75, 3.05) is 13.1 Å². The van der Waals surface area contributed by atoms with Crippen molar-refractivity contribution in [2.45, 2.75) is 19.3 Å². The molecule has 0 aliphatic carbocycles. The molecule has 0 spiro atoms. The molecule has 2 aromatic rings. The number of carbonyl (C=O) groups excluding carboxylic acids is 2. The van der Waals surface area contributed by atoms with Crippen LogP contribution in [-0.2, 0) is 11.2 Å². The van der Waals surface area contributed by atoms with E-state index in [1.54, 1.807) is 0 Å². The number of nitrogens with zero attached hydrogens (tertiary/aromatic N) is 1. The minimum atomic E-state index is -0.258. The van der Waals surface area contributed by atoms with E-state index in [0.29, 0.717) is 25.9 Å². The van der Waals surface area contributed by atoms with Crippen LogP contribution in [-0.4, -0.2) is 29.8 Å². The van der Waals surface area contributed by atoms with E-state index in [9.17, 15) is 9.59 Å². The Kier molecular flexibility index (Phi) is 4.94. The van der Waals surface area contributed by atoms with Crippen molar-refractivity contribution >= 4 is 11.8 Å². The first-order valence-corrected chi connectivity index (χ1v) is 8.35. The number of benzene rings is 2. The summed E-state index contributed by atoms with van der Waals surface area (Å²) in [5.74, 6) is -0.315. The molecule has 1 heterocycles. The molecule has 124 valence electrons. The fourth-order valence-electron chi connectivity index (χ4n) is 3.24. The maximum Gasteiger partial charge on any atom is 0.254 e. The van der Waals surface area contributed by atoms with Gasteiger partial charge in [-0.2, -0.15) is 0 Å². The lowest BCUT2D eigenvalue weighted by molar-refractivity contribution is -0.123. The van der Waals surface area contributed by atoms with Crippen LogP contribution in [0, 0.1) is 5.92 Å². The molecule has 0 unspecified atom stereocenters. The van der Waals surface area contributed by atoms with Gasteiger partial charge in [-0.05, 0) is 36.5 Å². The summed E-state index contributed by atoms with van der Waals surface area (Å²) in [6, 6.07) is 17.9. The van der Waals surface area contributed by atoms with Crippen molar-refractivity contribution < 1.29 is 9.59 Å². The number of likely N-dealkylation sites (tertiary alicyclic amines) is 1. The van der Waals surface area contributed by atoms with Gasteiger partial charge in [-0.1, -0.05) is 48.5 Å². The normalized spacial score (nSPS) is 15.2. The molecule has 2 amide bonds. The highest BCUT2D eigenvalue weighted by Crippen LogP contribution is 2.21. The van der Waals surface area contributed by atoms with E-state index in [-0.39, 0.29) is 17.7 Å². The highest BCUT2D eigenvalue weighted by Gasteiger charge is 2.27. The molecular formula is C20H22N2O2. The maximum atomic E-state index is 12.9. The van der Waals surface area contributed by atoms with Crippen LogP contribution in [0.15, 0.2) is 54.6 Å². The summed E-state index contributed by atoms with van der Waals surface area (Å²) in [7, 11) is 0. The minimum Gasteiger partial charge on any atom is -0.369 e. The van der Waals surface area contributed by atoms with Gasteiger partial charge in [0, 0.05) is 24.6 Å². The second-order valence-electron chi connectivity index (χ2n) is 6.29. The first kappa shape index (κ1) is 16.2. The number of amides is 2. The lowest BCUT2D eigenvalue weighted by Gasteiger charge is -2.31. The summed E-state index contributed by atoms with van der Waals surface area (Å²) in [6.07, 6.45) is 2.05. The van der Waals surface area contributed by atoms with E-state index in [1.165, 1.54) is 5.56 Å². The van der Waals surface area contributed by atoms with Gasteiger partial charge in [0.05, 0.1) is 0 Å². The number of primary amides is 1. The van der Waals surface area contributed by atoms with Crippen molar-refractivity contribution in [1.29, 1.82) is 0 Å². The number of carbonyl (C=O) groups is 2. The summed E-state index contributed by atoms with van der Waals surface area (Å²) in [6.45, 7) is 1.18. The van der Waals surface area contributed by atoms with Crippen molar-refractivity contribution in [1.82, 2.24) is 4.90 Å². The molecule has 1 fully saturated rings. The smallest absolute Gasteiger partial charge is 0.254 e. The molecule has 0 atom stereocenters. The largest absolute Gasteiger partial charge is 0.369 e. The van der Waals surface area contributed by atoms with E-state index in [2.05, 4.69) is 12.1 Å². The molecule has 4 nitrogen and oxygen atoms in total. The van der Waals surface area contributed by atoms with Gasteiger partial charge in [0.15, 0.2) is 0 Å². The van der Waals surface area contributed by atoms with Gasteiger partial charge in [-0.3, -0.25) is 9.59 Å². The Balaban J connectivity index is 1.75. The minimum absolute atomic E-state index is 0.0458. The Bertz CT molecular complexity index is 719. The van der Waals surface area contributed by atoms with Crippen molar-refractivity contribution in [3.63, 3.8) is 0 Å². The van der Waals surface area contributed by atoms with Crippen LogP contribution in [0.5, 0.6) is 0 Å². The third kappa shape index (κ3) is 3.65. The molecule has 1 aliphatic rings. The van der Waals surface area contributed by atoms with Crippen molar-refractivity contribution in [3.8, 4) is 0 Å². The molecular weight excluding hydrogens is 300 g/mol. The van der Waals surface area contributed by atoms with Gasteiger partial charge < -0.3 is 10.6 Å². The Hall–Kier alpha value is -2.62. The molecule has 0 aromatic heterocycles. The van der Waals surface area contributed by atoms with Crippen LogP contribution in [0.2, 0.25) is 0 Å². The number of hydrogen-bond acceptors (Lipinski definition) is 2. The molecule has 24 heavy (non-hydrogen) atoms. The van der Waals surface area contributed by atoms with E-state index < -0.39 is 0 Å². The third-order valence-electron chi connectivity index (χ3n) is 4.67. The zero-order valence-corrected chi connectivity index (χ0v) is 13.7. The van der Waals surface area contributed by atoms with E-state index in [4.69, 9.17) is 5.73 Å². The highest BCUT2D eigenvalue weighted by atomic mass is 16.2. The molecule has 0 bridgehead atoms. The predicted molar refractivity (Wildman–Crippen MR) is 93.5 cm³/mol. The molecule has 1 aliphatic heterocycles. The predicted octanol–water partition coefficient (Wildman–Crippen LogP) is 2.61. The van der Waals surface area contributed by atoms with E-state index >= 15 is 0 Å². The quantitative estimate of drug-likeness (QED) is 0.940. The Labute approximate surface area is 142 Å². The average molecular weight is 322 g/mol. The van der Waals surface area contributed by atoms with Gasteiger partial charge in [-0.25, -0.2) is 0 Å². The number of nitrogens with two attached hydrogens (primary N) is 1. The van der Waals surface area contributed by atoms with Crippen LogP contribution < -0.4 is 5.73 Å². The summed E-state index contributed by atoms with van der Waals surface area (Å²) in [5, 5.41) is 0. The molecule has 3 rings (SSSR count). The molecule has 4 heteroatoms. The second-order valence-corrected chi connectivity index (χ2v) is 6.29. The summed E-state index contributed by atoms with van der Waals surface area (Å²) >= 11 is 0. The van der Waals surface area contributed by atoms with Gasteiger partial charge in [0.1, 0.15) is 0 Å². The van der Waals surface area contributed by atoms with Crippen LogP contribution in [0.1, 0.15) is 34.3 Å². The fraction of sp³-hybridized carbons (Fsp3) is 0.300. The van der Waals surface area contributed by atoms with Crippen LogP contribution in [0.3, 0.4) is 0 Å². The zero-order valence-electron chi connectivity index (χ0n) is 13.7. The molecule has 2 aromatic carbocycles. The van der Waals surface area contributed by atoms with Gasteiger partial charge in [0.25, 0.3) is 5.91 Å². The topological polar surface area (TPSA) is 63.4 Å². The zero-order chi connectivity index (χ0) is 16.9. The summed E-state index contributed by atoms with van der Waals surface area (Å²) in [5.41, 5.74) is 8.33. The third-order valence-corrected chi connectivity index (χ3v) is 4.67. The Morgan fingerprint density at radius 3 is 2.25 bits per heavy atom. The number of hydrogen-bond donors (Lipinski definition) is 1. The number of piperidine rings is 1. The van der Waals surface area contributed by atoms with Crippen molar-refractivity contribution in [3.05, 3.63) is 71.3 Å². The molecule has 2 N–H and O–H groups in total. The summed E-state index contributed by atoms with van der Waals surface area (Å²) < 4.78 is 0. The Morgan fingerprint density at radius 2 is 1.58 bits per heavy atom. The molecule has 0 saturated carbocycles. The van der Waals surface area contributed by atoms with Crippen LogP contribution in [0.25, 0.3) is 0 Å². The lowest BCUT2D eigenvalue weighted by atomic mass is 9.94. The van der Waals surface area contributed by atoms with Gasteiger partial charge in [-0.15, -0.1) is 0 Å². The van der Waals surface area contributed by atoms with E-state index in [1.807, 2.05) is 47.4 Å². The molecule has 1 saturated heterocycles. The first-order chi connectivity index (χ1) is 11.6.